The molecule has 0 saturated heterocycles. The fourth-order valence-corrected chi connectivity index (χ4v) is 1.43. The van der Waals surface area contributed by atoms with Gasteiger partial charge in [-0.1, -0.05) is 6.92 Å². The zero-order chi connectivity index (χ0) is 11.1. The average Bonchev–Trinajstić information content (AvgIpc) is 2.25. The van der Waals surface area contributed by atoms with E-state index in [0.717, 1.165) is 29.2 Å². The van der Waals surface area contributed by atoms with Crippen molar-refractivity contribution in [2.24, 2.45) is 0 Å². The van der Waals surface area contributed by atoms with Crippen LogP contribution >= 0.6 is 22.6 Å². The van der Waals surface area contributed by atoms with Gasteiger partial charge in [0.25, 0.3) is 0 Å². The van der Waals surface area contributed by atoms with Crippen LogP contribution < -0.4 is 10.2 Å². The van der Waals surface area contributed by atoms with Crippen LogP contribution in [0.4, 0.5) is 5.95 Å². The number of likely N-dealkylation sites (N-methyl/N-ethyl adjacent to an activating group) is 1. The van der Waals surface area contributed by atoms with Crippen molar-refractivity contribution in [2.75, 3.05) is 31.6 Å². The molecule has 5 heteroatoms. The van der Waals surface area contributed by atoms with Crippen molar-refractivity contribution in [3.05, 3.63) is 16.0 Å². The first-order valence-corrected chi connectivity index (χ1v) is 6.21. The van der Waals surface area contributed by atoms with Crippen molar-refractivity contribution in [2.45, 2.75) is 13.3 Å². The van der Waals surface area contributed by atoms with Crippen molar-refractivity contribution < 1.29 is 0 Å². The van der Waals surface area contributed by atoms with E-state index in [-0.39, 0.29) is 0 Å². The van der Waals surface area contributed by atoms with Crippen LogP contribution in [-0.2, 0) is 0 Å². The van der Waals surface area contributed by atoms with Gasteiger partial charge in [0.15, 0.2) is 0 Å². The van der Waals surface area contributed by atoms with Crippen LogP contribution in [0.5, 0.6) is 0 Å². The van der Waals surface area contributed by atoms with Gasteiger partial charge in [-0.05, 0) is 35.6 Å². The molecule has 1 aromatic rings. The number of hydrogen-bond acceptors (Lipinski definition) is 4. The predicted octanol–water partition coefficient (Wildman–Crippen LogP) is 1.52. The van der Waals surface area contributed by atoms with Gasteiger partial charge in [0.1, 0.15) is 0 Å². The zero-order valence-corrected chi connectivity index (χ0v) is 11.4. The molecule has 0 aliphatic heterocycles. The largest absolute Gasteiger partial charge is 0.343 e. The Morgan fingerprint density at radius 3 is 2.60 bits per heavy atom. The number of aromatic nitrogens is 2. The Morgan fingerprint density at radius 1 is 1.33 bits per heavy atom. The predicted molar refractivity (Wildman–Crippen MR) is 71.2 cm³/mol. The van der Waals surface area contributed by atoms with E-state index in [1.54, 1.807) is 0 Å². The van der Waals surface area contributed by atoms with Crippen molar-refractivity contribution in [3.63, 3.8) is 0 Å². The minimum Gasteiger partial charge on any atom is -0.343 e. The second-order valence-corrected chi connectivity index (χ2v) is 4.62. The van der Waals surface area contributed by atoms with Gasteiger partial charge in [0, 0.05) is 36.1 Å². The third kappa shape index (κ3) is 4.74. The lowest BCUT2D eigenvalue weighted by Gasteiger charge is -2.16. The molecule has 0 aliphatic rings. The van der Waals surface area contributed by atoms with Gasteiger partial charge in [-0.3, -0.25) is 0 Å². The van der Waals surface area contributed by atoms with Gasteiger partial charge in [-0.15, -0.1) is 0 Å². The molecule has 0 saturated carbocycles. The fraction of sp³-hybridized carbons (Fsp3) is 0.600. The minimum atomic E-state index is 0.786. The smallest absolute Gasteiger partial charge is 0.225 e. The van der Waals surface area contributed by atoms with E-state index < -0.39 is 0 Å². The molecule has 0 spiro atoms. The van der Waals surface area contributed by atoms with E-state index in [1.165, 1.54) is 6.42 Å². The molecule has 1 aromatic heterocycles. The van der Waals surface area contributed by atoms with Crippen LogP contribution in [0, 0.1) is 3.57 Å². The summed E-state index contributed by atoms with van der Waals surface area (Å²) in [4.78, 5) is 10.6. The van der Waals surface area contributed by atoms with E-state index >= 15 is 0 Å². The Bertz CT molecular complexity index is 275. The number of anilines is 1. The van der Waals surface area contributed by atoms with Crippen LogP contribution in [-0.4, -0.2) is 36.6 Å². The summed E-state index contributed by atoms with van der Waals surface area (Å²) >= 11 is 2.20. The molecule has 1 rings (SSSR count). The van der Waals surface area contributed by atoms with E-state index in [0.29, 0.717) is 0 Å². The number of rotatable bonds is 6. The molecule has 0 fully saturated rings. The van der Waals surface area contributed by atoms with Crippen LogP contribution in [0.2, 0.25) is 0 Å². The molecule has 4 nitrogen and oxygen atoms in total. The summed E-state index contributed by atoms with van der Waals surface area (Å²) in [5, 5.41) is 3.35. The van der Waals surface area contributed by atoms with Crippen LogP contribution in [0.25, 0.3) is 0 Å². The maximum absolute atomic E-state index is 4.26. The molecule has 0 aliphatic carbocycles. The highest BCUT2D eigenvalue weighted by Gasteiger charge is 2.02. The summed E-state index contributed by atoms with van der Waals surface area (Å²) in [6.07, 6.45) is 4.83. The standard InChI is InChI=1S/C10H17IN4/c1-3-4-12-5-6-15(2)10-13-7-9(11)8-14-10/h7-8,12H,3-6H2,1-2H3. The van der Waals surface area contributed by atoms with Crippen LogP contribution in [0.15, 0.2) is 12.4 Å². The summed E-state index contributed by atoms with van der Waals surface area (Å²) in [6, 6.07) is 0. The molecule has 0 amide bonds. The number of nitrogens with one attached hydrogen (secondary N) is 1. The molecule has 0 bridgehead atoms. The lowest BCUT2D eigenvalue weighted by Crippen LogP contribution is -2.30. The van der Waals surface area contributed by atoms with Gasteiger partial charge in [0.2, 0.25) is 5.95 Å². The maximum atomic E-state index is 4.26. The summed E-state index contributed by atoms with van der Waals surface area (Å²) < 4.78 is 1.06. The number of hydrogen-bond donors (Lipinski definition) is 1. The third-order valence-electron chi connectivity index (χ3n) is 2.00. The molecule has 1 N–H and O–H groups in total. The molecule has 1 heterocycles. The van der Waals surface area contributed by atoms with Gasteiger partial charge in [0.05, 0.1) is 0 Å². The Kier molecular flexibility index (Phi) is 5.85. The first-order chi connectivity index (χ1) is 7.24. The molecular formula is C10H17IN4. The summed E-state index contributed by atoms with van der Waals surface area (Å²) in [7, 11) is 2.01. The lowest BCUT2D eigenvalue weighted by atomic mass is 10.4. The second-order valence-electron chi connectivity index (χ2n) is 3.37. The van der Waals surface area contributed by atoms with E-state index in [1.807, 2.05) is 19.4 Å². The lowest BCUT2D eigenvalue weighted by molar-refractivity contribution is 0.661. The molecule has 84 valence electrons. The van der Waals surface area contributed by atoms with Gasteiger partial charge in [-0.25, -0.2) is 9.97 Å². The first-order valence-electron chi connectivity index (χ1n) is 5.13. The van der Waals surface area contributed by atoms with Crippen LogP contribution in [0.3, 0.4) is 0 Å². The van der Waals surface area contributed by atoms with E-state index in [9.17, 15) is 0 Å². The van der Waals surface area contributed by atoms with Gasteiger partial charge < -0.3 is 10.2 Å². The monoisotopic (exact) mass is 320 g/mol. The quantitative estimate of drug-likeness (QED) is 0.637. The second kappa shape index (κ2) is 6.95. The van der Waals surface area contributed by atoms with Crippen molar-refractivity contribution >= 4 is 28.5 Å². The van der Waals surface area contributed by atoms with Crippen molar-refractivity contribution in [1.82, 2.24) is 15.3 Å². The molecule has 0 unspecified atom stereocenters. The highest BCUT2D eigenvalue weighted by atomic mass is 127. The van der Waals surface area contributed by atoms with Crippen LogP contribution in [0.1, 0.15) is 13.3 Å². The Balaban J connectivity index is 2.33. The normalized spacial score (nSPS) is 10.3. The van der Waals surface area contributed by atoms with Crippen molar-refractivity contribution in [3.8, 4) is 0 Å². The van der Waals surface area contributed by atoms with E-state index in [2.05, 4.69) is 49.7 Å². The molecule has 0 radical (unpaired) electrons. The summed E-state index contributed by atoms with van der Waals surface area (Å²) in [5.74, 6) is 0.786. The van der Waals surface area contributed by atoms with Gasteiger partial charge in [-0.2, -0.15) is 0 Å². The first kappa shape index (κ1) is 12.6. The highest BCUT2D eigenvalue weighted by molar-refractivity contribution is 14.1. The SMILES string of the molecule is CCCNCCN(C)c1ncc(I)cn1. The van der Waals surface area contributed by atoms with Crippen molar-refractivity contribution in [1.29, 1.82) is 0 Å². The Labute approximate surface area is 105 Å². The maximum Gasteiger partial charge on any atom is 0.225 e. The Hall–Kier alpha value is -0.430. The number of halogens is 1. The number of nitrogens with zero attached hydrogens (tertiary/aromatic N) is 3. The molecule has 15 heavy (non-hydrogen) atoms. The topological polar surface area (TPSA) is 41.0 Å². The third-order valence-corrected chi connectivity index (χ3v) is 2.56. The summed E-state index contributed by atoms with van der Waals surface area (Å²) in [6.45, 7) is 5.14. The zero-order valence-electron chi connectivity index (χ0n) is 9.20. The molecule has 0 atom stereocenters. The van der Waals surface area contributed by atoms with E-state index in [4.69, 9.17) is 0 Å². The molecular weight excluding hydrogens is 303 g/mol. The fourth-order valence-electron chi connectivity index (χ4n) is 1.15. The molecule has 0 aromatic carbocycles. The summed E-state index contributed by atoms with van der Waals surface area (Å²) in [5.41, 5.74) is 0. The highest BCUT2D eigenvalue weighted by Crippen LogP contribution is 2.05. The minimum absolute atomic E-state index is 0.786. The Morgan fingerprint density at radius 2 is 2.00 bits per heavy atom. The average molecular weight is 320 g/mol. The van der Waals surface area contributed by atoms with Gasteiger partial charge >= 0.3 is 0 Å².